The van der Waals surface area contributed by atoms with E-state index in [0.717, 1.165) is 11.5 Å². The smallest absolute Gasteiger partial charge is 0.273 e. The number of benzene rings is 1. The predicted octanol–water partition coefficient (Wildman–Crippen LogP) is 2.18. The number of aromatic nitrogens is 3. The highest BCUT2D eigenvalue weighted by atomic mass is 32.1. The van der Waals surface area contributed by atoms with Gasteiger partial charge in [0.25, 0.3) is 5.56 Å². The number of nitrogens with zero attached hydrogens (tertiary/aromatic N) is 4. The molecule has 0 radical (unpaired) electrons. The molecule has 0 saturated heterocycles. The molecule has 0 aliphatic heterocycles. The van der Waals surface area contributed by atoms with E-state index in [-0.39, 0.29) is 17.9 Å². The first-order valence-corrected chi connectivity index (χ1v) is 6.46. The lowest BCUT2D eigenvalue weighted by molar-refractivity contribution is 0.628. The molecule has 7 heteroatoms. The van der Waals surface area contributed by atoms with Crippen molar-refractivity contribution in [2.24, 2.45) is 0 Å². The Bertz CT molecular complexity index is 876. The average molecular weight is 286 g/mol. The van der Waals surface area contributed by atoms with Crippen LogP contribution >= 0.6 is 11.5 Å². The molecule has 2 heterocycles. The maximum atomic E-state index is 12.9. The summed E-state index contributed by atoms with van der Waals surface area (Å²) in [5.41, 5.74) is 1.43. The Hall–Kier alpha value is -2.59. The summed E-state index contributed by atoms with van der Waals surface area (Å²) in [5, 5.41) is 8.64. The molecule has 20 heavy (non-hydrogen) atoms. The normalized spacial score (nSPS) is 10.6. The van der Waals surface area contributed by atoms with Crippen LogP contribution in [-0.2, 0) is 6.54 Å². The van der Waals surface area contributed by atoms with Gasteiger partial charge in [0.1, 0.15) is 28.3 Å². The zero-order chi connectivity index (χ0) is 14.1. The van der Waals surface area contributed by atoms with Gasteiger partial charge >= 0.3 is 0 Å². The summed E-state index contributed by atoms with van der Waals surface area (Å²) in [5.74, 6) is -0.336. The number of hydrogen-bond donors (Lipinski definition) is 0. The number of halogens is 1. The molecule has 0 saturated carbocycles. The Morgan fingerprint density at radius 3 is 2.80 bits per heavy atom. The Kier molecular flexibility index (Phi) is 3.00. The summed E-state index contributed by atoms with van der Waals surface area (Å²) < 4.78 is 18.8. The van der Waals surface area contributed by atoms with E-state index in [2.05, 4.69) is 9.36 Å². The van der Waals surface area contributed by atoms with Crippen LogP contribution < -0.4 is 5.56 Å². The van der Waals surface area contributed by atoms with Crippen LogP contribution in [0.5, 0.6) is 0 Å². The van der Waals surface area contributed by atoms with Crippen molar-refractivity contribution in [2.45, 2.75) is 6.54 Å². The molecular formula is C13H7FN4OS. The van der Waals surface area contributed by atoms with E-state index in [1.54, 1.807) is 12.1 Å². The van der Waals surface area contributed by atoms with Gasteiger partial charge in [0.2, 0.25) is 0 Å². The highest BCUT2D eigenvalue weighted by Gasteiger charge is 2.14. The summed E-state index contributed by atoms with van der Waals surface area (Å²) in [4.78, 5) is 16.3. The molecule has 0 N–H and O–H groups in total. The van der Waals surface area contributed by atoms with E-state index in [9.17, 15) is 9.18 Å². The van der Waals surface area contributed by atoms with Crippen molar-refractivity contribution >= 4 is 21.7 Å². The zero-order valence-electron chi connectivity index (χ0n) is 10.1. The lowest BCUT2D eigenvalue weighted by Gasteiger charge is -2.00. The van der Waals surface area contributed by atoms with E-state index < -0.39 is 0 Å². The number of rotatable bonds is 2. The average Bonchev–Trinajstić information content (AvgIpc) is 2.88. The van der Waals surface area contributed by atoms with Crippen molar-refractivity contribution in [1.82, 2.24) is 13.9 Å². The fourth-order valence-corrected chi connectivity index (χ4v) is 2.65. The molecule has 0 bridgehead atoms. The first-order chi connectivity index (χ1) is 9.70. The van der Waals surface area contributed by atoms with Gasteiger partial charge in [-0.2, -0.15) is 9.64 Å². The van der Waals surface area contributed by atoms with Gasteiger partial charge in [-0.25, -0.2) is 9.37 Å². The third-order valence-electron chi connectivity index (χ3n) is 2.81. The predicted molar refractivity (Wildman–Crippen MR) is 72.7 cm³/mol. The highest BCUT2D eigenvalue weighted by molar-refractivity contribution is 7.13. The third kappa shape index (κ3) is 1.96. The first-order valence-electron chi connectivity index (χ1n) is 5.68. The van der Waals surface area contributed by atoms with Crippen LogP contribution in [0.15, 0.2) is 35.4 Å². The van der Waals surface area contributed by atoms with Crippen molar-refractivity contribution in [3.05, 3.63) is 46.8 Å². The van der Waals surface area contributed by atoms with E-state index >= 15 is 0 Å². The summed E-state index contributed by atoms with van der Waals surface area (Å²) in [6.45, 7) is -0.0500. The number of fused-ring (bicyclic) bond motifs is 1. The Morgan fingerprint density at radius 1 is 1.35 bits per heavy atom. The molecule has 5 nitrogen and oxygen atoms in total. The zero-order valence-corrected chi connectivity index (χ0v) is 10.9. The summed E-state index contributed by atoms with van der Waals surface area (Å²) in [7, 11) is 0. The van der Waals surface area contributed by atoms with Crippen LogP contribution in [0.25, 0.3) is 21.5 Å². The number of nitriles is 1. The topological polar surface area (TPSA) is 71.6 Å². The molecule has 98 valence electrons. The molecule has 0 aliphatic rings. The molecular weight excluding hydrogens is 279 g/mol. The Labute approximate surface area is 116 Å². The lowest BCUT2D eigenvalue weighted by atomic mass is 10.1. The maximum absolute atomic E-state index is 12.9. The van der Waals surface area contributed by atoms with Gasteiger partial charge in [-0.05, 0) is 35.8 Å². The van der Waals surface area contributed by atoms with Crippen LogP contribution in [0.4, 0.5) is 4.39 Å². The van der Waals surface area contributed by atoms with E-state index in [4.69, 9.17) is 5.26 Å². The SMILES string of the molecule is N#CCn1cnc2c(-c3ccc(F)cc3)nsc2c1=O. The van der Waals surface area contributed by atoms with Crippen LogP contribution in [0.3, 0.4) is 0 Å². The molecule has 2 aromatic heterocycles. The summed E-state index contributed by atoms with van der Waals surface area (Å²) in [6, 6.07) is 7.74. The highest BCUT2D eigenvalue weighted by Crippen LogP contribution is 2.27. The van der Waals surface area contributed by atoms with Gasteiger partial charge < -0.3 is 0 Å². The van der Waals surface area contributed by atoms with Crippen LogP contribution in [0.1, 0.15) is 0 Å². The second-order valence-corrected chi connectivity index (χ2v) is 4.82. The van der Waals surface area contributed by atoms with Crippen molar-refractivity contribution in [2.75, 3.05) is 0 Å². The molecule has 0 amide bonds. The van der Waals surface area contributed by atoms with E-state index in [0.29, 0.717) is 21.5 Å². The number of hydrogen-bond acceptors (Lipinski definition) is 5. The molecule has 1 aromatic carbocycles. The Balaban J connectivity index is 2.20. The fraction of sp³-hybridized carbons (Fsp3) is 0.0769. The minimum atomic E-state index is -0.336. The van der Waals surface area contributed by atoms with Gasteiger partial charge in [-0.15, -0.1) is 0 Å². The van der Waals surface area contributed by atoms with Gasteiger partial charge in [0.15, 0.2) is 0 Å². The van der Waals surface area contributed by atoms with E-state index in [1.165, 1.54) is 23.0 Å². The molecule has 0 spiro atoms. The monoisotopic (exact) mass is 286 g/mol. The van der Waals surface area contributed by atoms with Gasteiger partial charge in [0, 0.05) is 5.56 Å². The molecule has 0 fully saturated rings. The molecule has 0 atom stereocenters. The lowest BCUT2D eigenvalue weighted by Crippen LogP contribution is -2.18. The largest absolute Gasteiger partial charge is 0.284 e. The van der Waals surface area contributed by atoms with Crippen LogP contribution in [0.2, 0.25) is 0 Å². The fourth-order valence-electron chi connectivity index (χ4n) is 1.84. The Morgan fingerprint density at radius 2 is 2.10 bits per heavy atom. The van der Waals surface area contributed by atoms with Crippen LogP contribution in [0, 0.1) is 17.1 Å². The summed E-state index contributed by atoms with van der Waals surface area (Å²) in [6.07, 6.45) is 1.33. The maximum Gasteiger partial charge on any atom is 0.273 e. The standard InChI is InChI=1S/C13H7FN4OS/c14-9-3-1-8(2-4-9)10-11-12(20-17-10)13(19)18(6-5-15)7-16-11/h1-4,7H,6H2. The minimum Gasteiger partial charge on any atom is -0.284 e. The third-order valence-corrected chi connectivity index (χ3v) is 3.63. The summed E-state index contributed by atoms with van der Waals surface area (Å²) >= 11 is 1.03. The van der Waals surface area contributed by atoms with Gasteiger partial charge in [0.05, 0.1) is 12.4 Å². The second-order valence-electron chi connectivity index (χ2n) is 4.05. The van der Waals surface area contributed by atoms with E-state index in [1.807, 2.05) is 6.07 Å². The van der Waals surface area contributed by atoms with Crippen LogP contribution in [-0.4, -0.2) is 13.9 Å². The van der Waals surface area contributed by atoms with Crippen molar-refractivity contribution in [3.8, 4) is 17.3 Å². The molecule has 0 aliphatic carbocycles. The first kappa shape index (κ1) is 12.4. The van der Waals surface area contributed by atoms with Crippen molar-refractivity contribution in [3.63, 3.8) is 0 Å². The molecule has 3 rings (SSSR count). The van der Waals surface area contributed by atoms with Crippen molar-refractivity contribution in [1.29, 1.82) is 5.26 Å². The van der Waals surface area contributed by atoms with Gasteiger partial charge in [-0.1, -0.05) is 0 Å². The van der Waals surface area contributed by atoms with Gasteiger partial charge in [-0.3, -0.25) is 9.36 Å². The quantitative estimate of drug-likeness (QED) is 0.724. The minimum absolute atomic E-state index is 0.0500. The second kappa shape index (κ2) is 4.83. The molecule has 0 unspecified atom stereocenters. The molecule has 3 aromatic rings. The van der Waals surface area contributed by atoms with Crippen molar-refractivity contribution < 1.29 is 4.39 Å².